The highest BCUT2D eigenvalue weighted by Crippen LogP contribution is 2.28. The SMILES string of the molecule is CCc1nn(CC)c(CN(CCCl)C2CCCC2)c1Cl. The standard InChI is InChI=1S/C15H25Cl2N3/c1-3-13-15(17)14(20(4-2)18-13)11-19(10-9-16)12-7-5-6-8-12/h12H,3-11H2,1-2H3. The molecule has 1 aromatic rings. The Morgan fingerprint density at radius 2 is 2.00 bits per heavy atom. The minimum Gasteiger partial charge on any atom is -0.293 e. The highest BCUT2D eigenvalue weighted by molar-refractivity contribution is 6.31. The van der Waals surface area contributed by atoms with Crippen LogP contribution in [0.4, 0.5) is 0 Å². The van der Waals surface area contributed by atoms with Gasteiger partial charge in [-0.05, 0) is 26.2 Å². The molecule has 1 heterocycles. The van der Waals surface area contributed by atoms with E-state index in [1.165, 1.54) is 25.7 Å². The molecule has 0 spiro atoms. The van der Waals surface area contributed by atoms with E-state index in [-0.39, 0.29) is 0 Å². The van der Waals surface area contributed by atoms with Crippen molar-refractivity contribution >= 4 is 23.2 Å². The van der Waals surface area contributed by atoms with E-state index in [1.54, 1.807) is 0 Å². The van der Waals surface area contributed by atoms with Gasteiger partial charge in [-0.1, -0.05) is 31.4 Å². The lowest BCUT2D eigenvalue weighted by Gasteiger charge is -2.28. The molecular formula is C15H25Cl2N3. The monoisotopic (exact) mass is 317 g/mol. The second-order valence-corrected chi connectivity index (χ2v) is 6.23. The van der Waals surface area contributed by atoms with Crippen molar-refractivity contribution in [3.8, 4) is 0 Å². The summed E-state index contributed by atoms with van der Waals surface area (Å²) in [5.74, 6) is 0.676. The van der Waals surface area contributed by atoms with Crippen LogP contribution in [0.3, 0.4) is 0 Å². The van der Waals surface area contributed by atoms with E-state index in [0.29, 0.717) is 11.9 Å². The highest BCUT2D eigenvalue weighted by atomic mass is 35.5. The number of rotatable bonds is 7. The molecule has 0 unspecified atom stereocenters. The summed E-state index contributed by atoms with van der Waals surface area (Å²) in [4.78, 5) is 2.49. The molecule has 2 rings (SSSR count). The molecule has 0 aromatic carbocycles. The fourth-order valence-corrected chi connectivity index (χ4v) is 3.68. The molecule has 3 nitrogen and oxygen atoms in total. The first kappa shape index (κ1) is 16.1. The molecule has 1 saturated carbocycles. The zero-order valence-corrected chi connectivity index (χ0v) is 14.1. The Morgan fingerprint density at radius 1 is 1.30 bits per heavy atom. The van der Waals surface area contributed by atoms with Gasteiger partial charge in [0, 0.05) is 31.6 Å². The molecule has 0 bridgehead atoms. The Kier molecular flexibility index (Phi) is 6.19. The molecule has 0 aliphatic heterocycles. The maximum atomic E-state index is 6.52. The van der Waals surface area contributed by atoms with E-state index in [2.05, 4.69) is 28.5 Å². The minimum absolute atomic E-state index is 0.662. The molecule has 1 aliphatic rings. The van der Waals surface area contributed by atoms with Crippen LogP contribution in [-0.4, -0.2) is 33.1 Å². The Morgan fingerprint density at radius 3 is 2.55 bits per heavy atom. The second-order valence-electron chi connectivity index (χ2n) is 5.47. The first-order valence-electron chi connectivity index (χ1n) is 7.75. The van der Waals surface area contributed by atoms with Gasteiger partial charge in [0.05, 0.1) is 16.4 Å². The quantitative estimate of drug-likeness (QED) is 0.706. The Bertz CT molecular complexity index is 425. The molecule has 5 heteroatoms. The molecule has 1 aromatic heterocycles. The van der Waals surface area contributed by atoms with Crippen LogP contribution >= 0.6 is 23.2 Å². The Labute approximate surface area is 132 Å². The first-order chi connectivity index (χ1) is 9.71. The minimum atomic E-state index is 0.662. The summed E-state index contributed by atoms with van der Waals surface area (Å²) in [6.07, 6.45) is 6.14. The van der Waals surface area contributed by atoms with Crippen molar-refractivity contribution in [3.05, 3.63) is 16.4 Å². The van der Waals surface area contributed by atoms with Gasteiger partial charge in [-0.25, -0.2) is 0 Å². The molecule has 114 valence electrons. The summed E-state index contributed by atoms with van der Waals surface area (Å²) in [5, 5.41) is 5.47. The molecule has 0 saturated heterocycles. The van der Waals surface area contributed by atoms with E-state index in [0.717, 1.165) is 42.5 Å². The zero-order valence-electron chi connectivity index (χ0n) is 12.5. The molecule has 0 amide bonds. The van der Waals surface area contributed by atoms with Gasteiger partial charge in [-0.3, -0.25) is 9.58 Å². The predicted octanol–water partition coefficient (Wildman–Crippen LogP) is 4.10. The van der Waals surface area contributed by atoms with E-state index < -0.39 is 0 Å². The summed E-state index contributed by atoms with van der Waals surface area (Å²) >= 11 is 12.5. The van der Waals surface area contributed by atoms with Crippen LogP contribution in [0.15, 0.2) is 0 Å². The molecule has 1 fully saturated rings. The van der Waals surface area contributed by atoms with E-state index in [4.69, 9.17) is 23.2 Å². The van der Waals surface area contributed by atoms with Gasteiger partial charge in [0.15, 0.2) is 0 Å². The van der Waals surface area contributed by atoms with E-state index in [9.17, 15) is 0 Å². The van der Waals surface area contributed by atoms with Crippen molar-refractivity contribution in [3.63, 3.8) is 0 Å². The number of halogens is 2. The molecule has 0 N–H and O–H groups in total. The van der Waals surface area contributed by atoms with Gasteiger partial charge in [0.25, 0.3) is 0 Å². The Balaban J connectivity index is 2.18. The smallest absolute Gasteiger partial charge is 0.0863 e. The molecule has 0 atom stereocenters. The van der Waals surface area contributed by atoms with Crippen molar-refractivity contribution < 1.29 is 0 Å². The van der Waals surface area contributed by atoms with Crippen molar-refractivity contribution in [2.24, 2.45) is 0 Å². The zero-order chi connectivity index (χ0) is 14.5. The lowest BCUT2D eigenvalue weighted by atomic mass is 10.2. The van der Waals surface area contributed by atoms with Crippen LogP contribution in [0.5, 0.6) is 0 Å². The maximum Gasteiger partial charge on any atom is 0.0863 e. The lowest BCUT2D eigenvalue weighted by Crippen LogP contribution is -2.35. The number of aromatic nitrogens is 2. The lowest BCUT2D eigenvalue weighted by molar-refractivity contribution is 0.196. The third-order valence-electron chi connectivity index (χ3n) is 4.26. The average molecular weight is 318 g/mol. The number of hydrogen-bond acceptors (Lipinski definition) is 2. The Hall–Kier alpha value is -0.250. The summed E-state index contributed by atoms with van der Waals surface area (Å²) < 4.78 is 2.05. The third kappa shape index (κ3) is 3.49. The molecule has 20 heavy (non-hydrogen) atoms. The van der Waals surface area contributed by atoms with Crippen LogP contribution in [-0.2, 0) is 19.5 Å². The van der Waals surface area contributed by atoms with Crippen molar-refractivity contribution in [2.45, 2.75) is 65.1 Å². The fraction of sp³-hybridized carbons (Fsp3) is 0.800. The van der Waals surface area contributed by atoms with Crippen molar-refractivity contribution in [1.29, 1.82) is 0 Å². The van der Waals surface area contributed by atoms with Gasteiger partial charge < -0.3 is 0 Å². The van der Waals surface area contributed by atoms with Crippen molar-refractivity contribution in [2.75, 3.05) is 12.4 Å². The third-order valence-corrected chi connectivity index (χ3v) is 4.87. The topological polar surface area (TPSA) is 21.1 Å². The largest absolute Gasteiger partial charge is 0.293 e. The van der Waals surface area contributed by atoms with Gasteiger partial charge in [0.2, 0.25) is 0 Å². The maximum absolute atomic E-state index is 6.52. The molecule has 0 radical (unpaired) electrons. The molecular weight excluding hydrogens is 293 g/mol. The van der Waals surface area contributed by atoms with Crippen LogP contribution in [0.2, 0.25) is 5.02 Å². The van der Waals surface area contributed by atoms with Gasteiger partial charge in [-0.15, -0.1) is 11.6 Å². The van der Waals surface area contributed by atoms with E-state index >= 15 is 0 Å². The van der Waals surface area contributed by atoms with Gasteiger partial charge in [-0.2, -0.15) is 5.10 Å². The normalized spacial score (nSPS) is 16.4. The number of hydrogen-bond donors (Lipinski definition) is 0. The molecule has 1 aliphatic carbocycles. The fourth-order valence-electron chi connectivity index (χ4n) is 3.13. The second kappa shape index (κ2) is 7.67. The summed E-state index contributed by atoms with van der Waals surface area (Å²) in [7, 11) is 0. The van der Waals surface area contributed by atoms with E-state index in [1.807, 2.05) is 0 Å². The predicted molar refractivity (Wildman–Crippen MR) is 85.7 cm³/mol. The number of nitrogens with zero attached hydrogens (tertiary/aromatic N) is 3. The number of alkyl halides is 1. The van der Waals surface area contributed by atoms with Gasteiger partial charge in [0.1, 0.15) is 0 Å². The first-order valence-corrected chi connectivity index (χ1v) is 8.66. The van der Waals surface area contributed by atoms with Gasteiger partial charge >= 0.3 is 0 Å². The van der Waals surface area contributed by atoms with Crippen LogP contribution in [0, 0.1) is 0 Å². The summed E-state index contributed by atoms with van der Waals surface area (Å²) in [6.45, 7) is 6.89. The van der Waals surface area contributed by atoms with Crippen LogP contribution < -0.4 is 0 Å². The van der Waals surface area contributed by atoms with Crippen molar-refractivity contribution in [1.82, 2.24) is 14.7 Å². The van der Waals surface area contributed by atoms with Crippen LogP contribution in [0.25, 0.3) is 0 Å². The summed E-state index contributed by atoms with van der Waals surface area (Å²) in [5.41, 5.74) is 2.17. The average Bonchev–Trinajstić information content (AvgIpc) is 3.07. The summed E-state index contributed by atoms with van der Waals surface area (Å²) in [6, 6.07) is 0.662. The number of aryl methyl sites for hydroxylation is 2. The highest BCUT2D eigenvalue weighted by Gasteiger charge is 2.25. The van der Waals surface area contributed by atoms with Crippen LogP contribution in [0.1, 0.15) is 50.9 Å².